The third-order valence-corrected chi connectivity index (χ3v) is 6.72. The number of para-hydroxylation sites is 2. The normalized spacial score (nSPS) is 15.2. The highest BCUT2D eigenvalue weighted by Crippen LogP contribution is 2.45. The molecule has 0 atom stereocenters. The smallest absolute Gasteiger partial charge is 0.207 e. The first-order valence-electron chi connectivity index (χ1n) is 10.4. The summed E-state index contributed by atoms with van der Waals surface area (Å²) in [4.78, 5) is 33.9. The highest BCUT2D eigenvalue weighted by molar-refractivity contribution is 6.68. The van der Waals surface area contributed by atoms with Gasteiger partial charge < -0.3 is 9.97 Å². The molecule has 0 saturated heterocycles. The van der Waals surface area contributed by atoms with Crippen LogP contribution in [-0.2, 0) is 9.59 Å². The molecule has 4 aromatic rings. The fourth-order valence-corrected chi connectivity index (χ4v) is 5.11. The molecule has 2 aromatic carbocycles. The number of fused-ring (bicyclic) bond motifs is 2. The third kappa shape index (κ3) is 2.90. The summed E-state index contributed by atoms with van der Waals surface area (Å²) >= 11 is 13.3. The third-order valence-electron chi connectivity index (χ3n) is 6.00. The van der Waals surface area contributed by atoms with Gasteiger partial charge in [-0.1, -0.05) is 73.4 Å². The van der Waals surface area contributed by atoms with Crippen LogP contribution in [0.15, 0.2) is 58.6 Å². The minimum Gasteiger partial charge on any atom is -0.358 e. The number of hydrogen-bond acceptors (Lipinski definition) is 2. The van der Waals surface area contributed by atoms with Crippen LogP contribution in [0, 0.1) is 6.92 Å². The topological polar surface area (TPSA) is 65.7 Å². The molecule has 0 radical (unpaired) electrons. The zero-order chi connectivity index (χ0) is 22.7. The lowest BCUT2D eigenvalue weighted by molar-refractivity contribution is -0.113. The Morgan fingerprint density at radius 3 is 1.75 bits per heavy atom. The van der Waals surface area contributed by atoms with Gasteiger partial charge >= 0.3 is 0 Å². The van der Waals surface area contributed by atoms with Gasteiger partial charge in [0.15, 0.2) is 0 Å². The Hall–Kier alpha value is -3.08. The summed E-state index contributed by atoms with van der Waals surface area (Å²) < 4.78 is 0. The fraction of sp³-hybridized carbons (Fsp3) is 0.154. The van der Waals surface area contributed by atoms with E-state index in [9.17, 15) is 9.59 Å². The maximum Gasteiger partial charge on any atom is 0.207 e. The predicted molar refractivity (Wildman–Crippen MR) is 131 cm³/mol. The van der Waals surface area contributed by atoms with Crippen molar-refractivity contribution in [2.24, 2.45) is 0 Å². The molecule has 1 aliphatic carbocycles. The summed E-state index contributed by atoms with van der Waals surface area (Å²) in [5.41, 5.74) is 4.90. The summed E-state index contributed by atoms with van der Waals surface area (Å²) in [5.74, 6) is -0.806. The predicted octanol–water partition coefficient (Wildman–Crippen LogP) is 6.83. The highest BCUT2D eigenvalue weighted by atomic mass is 35.5. The van der Waals surface area contributed by atoms with Gasteiger partial charge in [-0.3, -0.25) is 9.59 Å². The molecule has 5 rings (SSSR count). The van der Waals surface area contributed by atoms with Crippen LogP contribution in [0.25, 0.3) is 33.0 Å². The van der Waals surface area contributed by atoms with Crippen LogP contribution in [0.1, 0.15) is 42.3 Å². The minimum atomic E-state index is -0.445. The number of Topliss-reactive ketones (excluding diaryl/α,β-unsaturated/α-hetero) is 2. The van der Waals surface area contributed by atoms with Gasteiger partial charge in [0, 0.05) is 44.3 Å². The van der Waals surface area contributed by atoms with E-state index < -0.39 is 11.6 Å². The Morgan fingerprint density at radius 1 is 0.719 bits per heavy atom. The summed E-state index contributed by atoms with van der Waals surface area (Å²) in [6.07, 6.45) is 0. The molecular formula is C26H20Cl2N2O2. The molecule has 6 heteroatoms. The second kappa shape index (κ2) is 7.51. The van der Waals surface area contributed by atoms with Crippen LogP contribution in [0.2, 0.25) is 0 Å². The number of aromatic nitrogens is 2. The SMILES string of the molecule is Cc1[nH]c2ccccc2c1C1=C(Cl)C(=O)C(c2c(C(C)C)[nH]c3ccccc23)=C(Cl)C1=O. The minimum absolute atomic E-state index is 0.0808. The van der Waals surface area contributed by atoms with Gasteiger partial charge in [0.1, 0.15) is 10.1 Å². The van der Waals surface area contributed by atoms with Crippen molar-refractivity contribution in [1.82, 2.24) is 9.97 Å². The number of aromatic amines is 2. The molecule has 1 aliphatic rings. The summed E-state index contributed by atoms with van der Waals surface area (Å²) in [7, 11) is 0. The zero-order valence-electron chi connectivity index (χ0n) is 17.8. The van der Waals surface area contributed by atoms with Crippen LogP contribution in [0.5, 0.6) is 0 Å². The molecule has 0 amide bonds. The van der Waals surface area contributed by atoms with E-state index in [1.807, 2.05) is 69.3 Å². The van der Waals surface area contributed by atoms with Gasteiger partial charge in [-0.2, -0.15) is 0 Å². The Kier molecular flexibility index (Phi) is 4.88. The standard InChI is InChI=1S/C26H20Cl2N2O2/c1-12(2)24-19(15-9-5-7-11-17(15)30-24)21-23(28)25(31)20(22(27)26(21)32)18-13(3)29-16-10-6-4-8-14(16)18/h4-12,29-30H,1-3H3. The van der Waals surface area contributed by atoms with E-state index >= 15 is 0 Å². The first-order valence-corrected chi connectivity index (χ1v) is 11.1. The first-order chi connectivity index (χ1) is 15.3. The number of rotatable bonds is 3. The van der Waals surface area contributed by atoms with Gasteiger partial charge in [0.2, 0.25) is 11.6 Å². The number of halogens is 2. The maximum atomic E-state index is 13.6. The summed E-state index contributed by atoms with van der Waals surface area (Å²) in [6, 6.07) is 15.3. The molecule has 160 valence electrons. The van der Waals surface area contributed by atoms with E-state index in [1.54, 1.807) is 0 Å². The van der Waals surface area contributed by atoms with Crippen LogP contribution in [-0.4, -0.2) is 21.5 Å². The zero-order valence-corrected chi connectivity index (χ0v) is 19.3. The van der Waals surface area contributed by atoms with Crippen molar-refractivity contribution < 1.29 is 9.59 Å². The van der Waals surface area contributed by atoms with E-state index in [2.05, 4.69) is 9.97 Å². The largest absolute Gasteiger partial charge is 0.358 e. The van der Waals surface area contributed by atoms with E-state index in [0.717, 1.165) is 33.2 Å². The van der Waals surface area contributed by atoms with Crippen molar-refractivity contribution in [2.45, 2.75) is 26.7 Å². The van der Waals surface area contributed by atoms with Gasteiger partial charge in [0.25, 0.3) is 0 Å². The van der Waals surface area contributed by atoms with Crippen molar-refractivity contribution in [3.63, 3.8) is 0 Å². The van der Waals surface area contributed by atoms with Crippen LogP contribution in [0.3, 0.4) is 0 Å². The number of ketones is 2. The number of allylic oxidation sites excluding steroid dienone is 4. The molecule has 4 nitrogen and oxygen atoms in total. The highest BCUT2D eigenvalue weighted by Gasteiger charge is 2.38. The second-order valence-corrected chi connectivity index (χ2v) is 9.08. The monoisotopic (exact) mass is 462 g/mol. The average molecular weight is 463 g/mol. The van der Waals surface area contributed by atoms with Crippen molar-refractivity contribution in [1.29, 1.82) is 0 Å². The Bertz CT molecular complexity index is 1520. The number of aryl methyl sites for hydroxylation is 1. The quantitative estimate of drug-likeness (QED) is 0.327. The lowest BCUT2D eigenvalue weighted by atomic mass is 9.85. The van der Waals surface area contributed by atoms with Crippen molar-refractivity contribution in [3.8, 4) is 0 Å². The number of nitrogens with one attached hydrogen (secondary N) is 2. The van der Waals surface area contributed by atoms with E-state index in [1.165, 1.54) is 0 Å². The van der Waals surface area contributed by atoms with Crippen molar-refractivity contribution in [2.75, 3.05) is 0 Å². The molecule has 0 unspecified atom stereocenters. The maximum absolute atomic E-state index is 13.6. The molecular weight excluding hydrogens is 443 g/mol. The molecule has 2 heterocycles. The lowest BCUT2D eigenvalue weighted by Gasteiger charge is -2.20. The number of benzene rings is 2. The number of carbonyl (C=O) groups is 2. The van der Waals surface area contributed by atoms with E-state index in [-0.39, 0.29) is 27.1 Å². The molecule has 0 spiro atoms. The molecule has 32 heavy (non-hydrogen) atoms. The van der Waals surface area contributed by atoms with Crippen molar-refractivity contribution >= 4 is 67.7 Å². The number of hydrogen-bond donors (Lipinski definition) is 2. The summed E-state index contributed by atoms with van der Waals surface area (Å²) in [5, 5.41) is 1.44. The second-order valence-electron chi connectivity index (χ2n) is 8.32. The Balaban J connectivity index is 1.77. The Morgan fingerprint density at radius 2 is 1.19 bits per heavy atom. The molecule has 0 aliphatic heterocycles. The fourth-order valence-electron chi connectivity index (χ4n) is 4.56. The van der Waals surface area contributed by atoms with Gasteiger partial charge in [-0.15, -0.1) is 0 Å². The first kappa shape index (κ1) is 20.8. The molecule has 0 bridgehead atoms. The Labute approximate surface area is 194 Å². The van der Waals surface area contributed by atoms with Gasteiger partial charge in [0.05, 0.1) is 11.1 Å². The molecule has 0 saturated carbocycles. The van der Waals surface area contributed by atoms with Crippen LogP contribution < -0.4 is 0 Å². The van der Waals surface area contributed by atoms with E-state index in [0.29, 0.717) is 11.1 Å². The molecule has 2 aromatic heterocycles. The lowest BCUT2D eigenvalue weighted by Crippen LogP contribution is -2.19. The van der Waals surface area contributed by atoms with Gasteiger partial charge in [-0.05, 0) is 25.0 Å². The van der Waals surface area contributed by atoms with Gasteiger partial charge in [-0.25, -0.2) is 0 Å². The van der Waals surface area contributed by atoms with Crippen LogP contribution >= 0.6 is 23.2 Å². The van der Waals surface area contributed by atoms with E-state index in [4.69, 9.17) is 23.2 Å². The molecule has 0 fully saturated rings. The number of H-pyrrole nitrogens is 2. The summed E-state index contributed by atoms with van der Waals surface area (Å²) in [6.45, 7) is 5.90. The number of carbonyl (C=O) groups excluding carboxylic acids is 2. The van der Waals surface area contributed by atoms with Crippen LogP contribution in [0.4, 0.5) is 0 Å². The average Bonchev–Trinajstić information content (AvgIpc) is 3.31. The molecule has 2 N–H and O–H groups in total. The van der Waals surface area contributed by atoms with Crippen molar-refractivity contribution in [3.05, 3.63) is 81.1 Å².